The van der Waals surface area contributed by atoms with Gasteiger partial charge in [0.25, 0.3) is 0 Å². The number of nitrogen functional groups attached to an aromatic ring is 2. The molecule has 1 aromatic heterocycles. The first kappa shape index (κ1) is 20.6. The van der Waals surface area contributed by atoms with Crippen molar-refractivity contribution < 1.29 is 9.59 Å². The van der Waals surface area contributed by atoms with Crippen LogP contribution in [0.5, 0.6) is 0 Å². The molecule has 10 N–H and O–H groups in total. The smallest absolute Gasteiger partial charge is 0.302 e. The number of halogens is 1. The number of aromatic nitrogens is 2. The highest BCUT2D eigenvalue weighted by Crippen LogP contribution is 2.19. The molecule has 1 aliphatic rings. The first-order chi connectivity index (χ1) is 12.7. The van der Waals surface area contributed by atoms with Gasteiger partial charge in [-0.3, -0.25) is 9.59 Å². The average molecular weight is 398 g/mol. The van der Waals surface area contributed by atoms with Crippen molar-refractivity contribution in [2.45, 2.75) is 50.7 Å². The van der Waals surface area contributed by atoms with Crippen molar-refractivity contribution in [2.75, 3.05) is 11.5 Å². The number of carbonyl (C=O) groups excluding carboxylic acids is 2. The van der Waals surface area contributed by atoms with Gasteiger partial charge < -0.3 is 33.6 Å². The van der Waals surface area contributed by atoms with Gasteiger partial charge in [0.15, 0.2) is 28.4 Å². The van der Waals surface area contributed by atoms with Crippen LogP contribution in [-0.4, -0.2) is 45.9 Å². The summed E-state index contributed by atoms with van der Waals surface area (Å²) in [5.41, 5.74) is 22.2. The normalized spacial score (nSPS) is 21.4. The number of guanidine groups is 1. The summed E-state index contributed by atoms with van der Waals surface area (Å²) in [5.74, 6) is -1.25. The minimum Gasteiger partial charge on any atom is -0.382 e. The zero-order valence-electron chi connectivity index (χ0n) is 14.9. The van der Waals surface area contributed by atoms with Gasteiger partial charge >= 0.3 is 5.91 Å². The third-order valence-corrected chi connectivity index (χ3v) is 4.45. The molecule has 1 atom stereocenters. The molecule has 2 amide bonds. The van der Waals surface area contributed by atoms with E-state index in [-0.39, 0.29) is 46.4 Å². The van der Waals surface area contributed by atoms with Crippen LogP contribution in [0, 0.1) is 0 Å². The van der Waals surface area contributed by atoms with E-state index in [1.54, 1.807) is 6.92 Å². The number of anilines is 2. The molecule has 1 unspecified atom stereocenters. The first-order valence-corrected chi connectivity index (χ1v) is 8.84. The first-order valence-electron chi connectivity index (χ1n) is 8.46. The molecule has 0 saturated heterocycles. The van der Waals surface area contributed by atoms with Crippen molar-refractivity contribution in [1.82, 2.24) is 20.6 Å². The highest BCUT2D eigenvalue weighted by Gasteiger charge is 2.24. The highest BCUT2D eigenvalue weighted by atomic mass is 35.5. The van der Waals surface area contributed by atoms with Crippen molar-refractivity contribution in [3.8, 4) is 0 Å². The fraction of sp³-hybridized carbons (Fsp3) is 0.533. The van der Waals surface area contributed by atoms with Crippen LogP contribution in [-0.2, 0) is 4.79 Å². The second kappa shape index (κ2) is 8.82. The molecule has 11 nitrogen and oxygen atoms in total. The van der Waals surface area contributed by atoms with Gasteiger partial charge in [0.1, 0.15) is 0 Å². The summed E-state index contributed by atoms with van der Waals surface area (Å²) in [6, 6.07) is -0.427. The molecule has 0 aliphatic heterocycles. The number of nitrogens with one attached hydrogen (secondary N) is 2. The van der Waals surface area contributed by atoms with Crippen LogP contribution < -0.4 is 33.6 Å². The van der Waals surface area contributed by atoms with Gasteiger partial charge in [-0.15, -0.1) is 0 Å². The van der Waals surface area contributed by atoms with Gasteiger partial charge in [0.2, 0.25) is 5.91 Å². The third kappa shape index (κ3) is 5.66. The SMILES string of the molecule is CC(N)C(=O)NC1CCC(N/C(N)=N/C(=O)c2nc(Cl)c(N)nc2N)CC1. The van der Waals surface area contributed by atoms with Crippen molar-refractivity contribution >= 4 is 41.0 Å². The summed E-state index contributed by atoms with van der Waals surface area (Å²) >= 11 is 5.75. The van der Waals surface area contributed by atoms with E-state index in [9.17, 15) is 9.59 Å². The fourth-order valence-electron chi connectivity index (χ4n) is 2.72. The van der Waals surface area contributed by atoms with Crippen molar-refractivity contribution in [3.05, 3.63) is 10.8 Å². The predicted molar refractivity (Wildman–Crippen MR) is 103 cm³/mol. The standard InChI is InChI=1S/C15H24ClN9O2/c1-6(17)13(26)21-7-2-4-8(5-3-7)22-15(20)25-14(27)9-11(18)24-12(19)10(16)23-9/h6-8H,2-5,17H2,1H3,(H,21,26)(H4,18,19,24)(H3,20,22,25,27). The van der Waals surface area contributed by atoms with Gasteiger partial charge in [0.05, 0.1) is 6.04 Å². The maximum absolute atomic E-state index is 12.2. The second-order valence-corrected chi connectivity index (χ2v) is 6.78. The largest absolute Gasteiger partial charge is 0.382 e. The highest BCUT2D eigenvalue weighted by molar-refractivity contribution is 6.31. The van der Waals surface area contributed by atoms with E-state index in [1.807, 2.05) is 0 Å². The van der Waals surface area contributed by atoms with Crippen molar-refractivity contribution in [3.63, 3.8) is 0 Å². The Morgan fingerprint density at radius 2 is 1.67 bits per heavy atom. The maximum atomic E-state index is 12.2. The van der Waals surface area contributed by atoms with E-state index in [1.165, 1.54) is 0 Å². The molecule has 12 heteroatoms. The number of nitrogens with zero attached hydrogens (tertiary/aromatic N) is 3. The van der Waals surface area contributed by atoms with Crippen LogP contribution in [0.25, 0.3) is 0 Å². The van der Waals surface area contributed by atoms with E-state index in [4.69, 9.17) is 34.5 Å². The Kier molecular flexibility index (Phi) is 6.75. The summed E-state index contributed by atoms with van der Waals surface area (Å²) in [6.07, 6.45) is 3.04. The molecular formula is C15H24ClN9O2. The van der Waals surface area contributed by atoms with Gasteiger partial charge in [-0.25, -0.2) is 9.97 Å². The molecule has 1 aromatic rings. The minimum absolute atomic E-state index is 0.0310. The summed E-state index contributed by atoms with van der Waals surface area (Å²) in [7, 11) is 0. The van der Waals surface area contributed by atoms with E-state index in [0.717, 1.165) is 25.7 Å². The number of nitrogens with two attached hydrogens (primary N) is 4. The third-order valence-electron chi connectivity index (χ3n) is 4.17. The number of hydrogen-bond donors (Lipinski definition) is 6. The Morgan fingerprint density at radius 1 is 1.11 bits per heavy atom. The molecule has 1 heterocycles. The van der Waals surface area contributed by atoms with Crippen molar-refractivity contribution in [2.24, 2.45) is 16.5 Å². The molecule has 0 radical (unpaired) electrons. The molecule has 148 valence electrons. The van der Waals surface area contributed by atoms with E-state index < -0.39 is 11.9 Å². The summed E-state index contributed by atoms with van der Waals surface area (Å²) in [6.45, 7) is 1.64. The number of aliphatic imine (C=N–C) groups is 1. The van der Waals surface area contributed by atoms with Crippen LogP contribution >= 0.6 is 11.6 Å². The molecule has 1 fully saturated rings. The van der Waals surface area contributed by atoms with Gasteiger partial charge in [0, 0.05) is 12.1 Å². The Labute approximate surface area is 161 Å². The van der Waals surface area contributed by atoms with Gasteiger partial charge in [-0.2, -0.15) is 4.99 Å². The van der Waals surface area contributed by atoms with Gasteiger partial charge in [-0.05, 0) is 32.6 Å². The lowest BCUT2D eigenvalue weighted by molar-refractivity contribution is -0.122. The number of amides is 2. The van der Waals surface area contributed by atoms with E-state index in [2.05, 4.69) is 25.6 Å². The molecule has 27 heavy (non-hydrogen) atoms. The molecule has 0 bridgehead atoms. The Hall–Kier alpha value is -2.66. The topological polar surface area (TPSA) is 200 Å². The molecule has 1 saturated carbocycles. The van der Waals surface area contributed by atoms with E-state index in [0.29, 0.717) is 0 Å². The minimum atomic E-state index is -0.773. The van der Waals surface area contributed by atoms with Crippen LogP contribution in [0.2, 0.25) is 5.15 Å². The lowest BCUT2D eigenvalue weighted by Crippen LogP contribution is -2.48. The number of rotatable bonds is 4. The Bertz CT molecular complexity index is 745. The zero-order valence-corrected chi connectivity index (χ0v) is 15.7. The van der Waals surface area contributed by atoms with Crippen LogP contribution in [0.4, 0.5) is 11.6 Å². The molecule has 0 spiro atoms. The quantitative estimate of drug-likeness (QED) is 0.275. The summed E-state index contributed by atoms with van der Waals surface area (Å²) < 4.78 is 0. The fourth-order valence-corrected chi connectivity index (χ4v) is 2.84. The second-order valence-electron chi connectivity index (χ2n) is 6.43. The number of hydrogen-bond acceptors (Lipinski definition) is 7. The Balaban J connectivity index is 1.90. The van der Waals surface area contributed by atoms with Crippen LogP contribution in [0.15, 0.2) is 4.99 Å². The van der Waals surface area contributed by atoms with Gasteiger partial charge in [-0.1, -0.05) is 11.6 Å². The van der Waals surface area contributed by atoms with Crippen LogP contribution in [0.1, 0.15) is 43.1 Å². The lowest BCUT2D eigenvalue weighted by Gasteiger charge is -2.30. The van der Waals surface area contributed by atoms with E-state index >= 15 is 0 Å². The monoisotopic (exact) mass is 397 g/mol. The molecule has 2 rings (SSSR count). The average Bonchev–Trinajstić information content (AvgIpc) is 2.59. The summed E-state index contributed by atoms with van der Waals surface area (Å²) in [5, 5.41) is 5.75. The lowest BCUT2D eigenvalue weighted by atomic mass is 9.91. The summed E-state index contributed by atoms with van der Waals surface area (Å²) in [4.78, 5) is 35.1. The predicted octanol–water partition coefficient (Wildman–Crippen LogP) is -0.886. The van der Waals surface area contributed by atoms with Crippen molar-refractivity contribution in [1.29, 1.82) is 0 Å². The molecule has 1 aliphatic carbocycles. The molecular weight excluding hydrogens is 374 g/mol. The molecule has 0 aromatic carbocycles. The number of carbonyl (C=O) groups is 2. The zero-order chi connectivity index (χ0) is 20.1. The van der Waals surface area contributed by atoms with Crippen LogP contribution in [0.3, 0.4) is 0 Å². The Morgan fingerprint density at radius 3 is 2.22 bits per heavy atom. The maximum Gasteiger partial charge on any atom is 0.302 e.